The molecule has 78 valence electrons. The van der Waals surface area contributed by atoms with Crippen LogP contribution in [0.25, 0.3) is 4.85 Å². The van der Waals surface area contributed by atoms with Gasteiger partial charge in [0.2, 0.25) is 0 Å². The molecular weight excluding hydrogens is 194 g/mol. The van der Waals surface area contributed by atoms with E-state index in [0.717, 1.165) is 0 Å². The van der Waals surface area contributed by atoms with Crippen LogP contribution in [0.4, 0.5) is 17.1 Å². The molecule has 0 aliphatic heterocycles. The summed E-state index contributed by atoms with van der Waals surface area (Å²) in [5, 5.41) is 2.80. The van der Waals surface area contributed by atoms with Gasteiger partial charge in [-0.3, -0.25) is 4.79 Å². The van der Waals surface area contributed by atoms with Crippen LogP contribution in [0.3, 0.4) is 0 Å². The molecule has 0 fully saturated rings. The number of ether oxygens (including phenoxy) is 1. The first-order chi connectivity index (χ1) is 7.17. The summed E-state index contributed by atoms with van der Waals surface area (Å²) in [5.74, 6) is -0.386. The Labute approximate surface area is 87.7 Å². The highest BCUT2D eigenvalue weighted by Gasteiger charge is 2.03. The third-order valence-corrected chi connectivity index (χ3v) is 1.82. The van der Waals surface area contributed by atoms with E-state index in [4.69, 9.17) is 12.3 Å². The van der Waals surface area contributed by atoms with Crippen LogP contribution in [0.1, 0.15) is 0 Å². The van der Waals surface area contributed by atoms with E-state index in [0.29, 0.717) is 17.1 Å². The van der Waals surface area contributed by atoms with E-state index < -0.39 is 0 Å². The zero-order chi connectivity index (χ0) is 11.3. The number of anilines is 2. The Balaban J connectivity index is 2.76. The Morgan fingerprint density at radius 3 is 3.00 bits per heavy atom. The zero-order valence-electron chi connectivity index (χ0n) is 8.28. The number of hydrogen-bond acceptors (Lipinski definition) is 4. The van der Waals surface area contributed by atoms with E-state index >= 15 is 0 Å². The van der Waals surface area contributed by atoms with Gasteiger partial charge >= 0.3 is 5.97 Å². The second-order valence-electron chi connectivity index (χ2n) is 2.81. The number of hydrogen-bond donors (Lipinski definition) is 2. The highest BCUT2D eigenvalue weighted by atomic mass is 16.5. The molecule has 0 bridgehead atoms. The van der Waals surface area contributed by atoms with Crippen molar-refractivity contribution >= 4 is 23.0 Å². The van der Waals surface area contributed by atoms with Crippen molar-refractivity contribution in [2.45, 2.75) is 0 Å². The molecule has 0 spiro atoms. The highest BCUT2D eigenvalue weighted by molar-refractivity contribution is 5.79. The number of benzene rings is 1. The molecular formula is C10H11N3O2. The molecule has 0 radical (unpaired) electrons. The van der Waals surface area contributed by atoms with Crippen molar-refractivity contribution in [2.75, 3.05) is 24.7 Å². The fourth-order valence-corrected chi connectivity index (χ4v) is 1.01. The third kappa shape index (κ3) is 2.88. The van der Waals surface area contributed by atoms with Crippen LogP contribution in [0, 0.1) is 6.57 Å². The molecule has 0 aliphatic rings. The fourth-order valence-electron chi connectivity index (χ4n) is 1.01. The van der Waals surface area contributed by atoms with E-state index in [1.54, 1.807) is 18.2 Å². The van der Waals surface area contributed by atoms with Gasteiger partial charge in [-0.15, -0.1) is 0 Å². The number of carbonyl (C=O) groups excluding carboxylic acids is 1. The van der Waals surface area contributed by atoms with Crippen LogP contribution in [0.5, 0.6) is 0 Å². The summed E-state index contributed by atoms with van der Waals surface area (Å²) in [5.41, 5.74) is 7.18. The lowest BCUT2D eigenvalue weighted by atomic mass is 10.2. The zero-order valence-corrected chi connectivity index (χ0v) is 8.28. The maximum Gasteiger partial charge on any atom is 0.325 e. The van der Waals surface area contributed by atoms with Crippen LogP contribution in [-0.4, -0.2) is 19.6 Å². The molecule has 15 heavy (non-hydrogen) atoms. The lowest BCUT2D eigenvalue weighted by molar-refractivity contribution is -0.138. The second-order valence-corrected chi connectivity index (χ2v) is 2.81. The third-order valence-electron chi connectivity index (χ3n) is 1.82. The smallest absolute Gasteiger partial charge is 0.325 e. The summed E-state index contributed by atoms with van der Waals surface area (Å²) in [6, 6.07) is 4.82. The fraction of sp³-hybridized carbons (Fsp3) is 0.200. The Morgan fingerprint density at radius 1 is 1.67 bits per heavy atom. The first kappa shape index (κ1) is 10.9. The molecule has 0 aromatic heterocycles. The highest BCUT2D eigenvalue weighted by Crippen LogP contribution is 2.24. The van der Waals surface area contributed by atoms with E-state index in [-0.39, 0.29) is 12.5 Å². The monoisotopic (exact) mass is 205 g/mol. The van der Waals surface area contributed by atoms with Gasteiger partial charge in [0, 0.05) is 5.69 Å². The van der Waals surface area contributed by atoms with Crippen molar-refractivity contribution in [1.29, 1.82) is 0 Å². The summed E-state index contributed by atoms with van der Waals surface area (Å²) in [7, 11) is 1.31. The van der Waals surface area contributed by atoms with Gasteiger partial charge < -0.3 is 15.8 Å². The second kappa shape index (κ2) is 4.86. The lowest BCUT2D eigenvalue weighted by Crippen LogP contribution is -2.15. The summed E-state index contributed by atoms with van der Waals surface area (Å²) in [6.45, 7) is 6.86. The van der Waals surface area contributed by atoms with Gasteiger partial charge in [0.1, 0.15) is 6.54 Å². The van der Waals surface area contributed by atoms with Crippen molar-refractivity contribution in [3.63, 3.8) is 0 Å². The van der Waals surface area contributed by atoms with Crippen molar-refractivity contribution in [2.24, 2.45) is 0 Å². The average molecular weight is 205 g/mol. The number of nitrogens with zero attached hydrogens (tertiary/aromatic N) is 1. The predicted molar refractivity (Wildman–Crippen MR) is 57.6 cm³/mol. The number of esters is 1. The number of methoxy groups -OCH3 is 1. The van der Waals surface area contributed by atoms with Gasteiger partial charge in [-0.1, -0.05) is 6.07 Å². The standard InChI is InChI=1S/C10H11N3O2/c1-12-7-3-4-8(11)9(5-7)13-6-10(14)15-2/h3-5,13H,6,11H2,2H3. The number of rotatable bonds is 3. The molecule has 0 amide bonds. The van der Waals surface area contributed by atoms with Crippen molar-refractivity contribution in [3.8, 4) is 0 Å². The molecule has 0 saturated carbocycles. The van der Waals surface area contributed by atoms with Crippen LogP contribution >= 0.6 is 0 Å². The maximum atomic E-state index is 10.9. The minimum absolute atomic E-state index is 0.0299. The van der Waals surface area contributed by atoms with Gasteiger partial charge in [-0.05, 0) is 12.1 Å². The Kier molecular flexibility index (Phi) is 3.52. The Bertz CT molecular complexity index is 410. The first-order valence-electron chi connectivity index (χ1n) is 4.25. The molecule has 0 heterocycles. The first-order valence-corrected chi connectivity index (χ1v) is 4.25. The summed E-state index contributed by atoms with van der Waals surface area (Å²) in [4.78, 5) is 14.1. The Hall–Kier alpha value is -2.22. The van der Waals surface area contributed by atoms with E-state index in [1.165, 1.54) is 7.11 Å². The topological polar surface area (TPSA) is 68.7 Å². The quantitative estimate of drug-likeness (QED) is 0.444. The van der Waals surface area contributed by atoms with Crippen LogP contribution in [-0.2, 0) is 9.53 Å². The SMILES string of the molecule is [C-]#[N+]c1ccc(N)c(NCC(=O)OC)c1. The minimum atomic E-state index is -0.386. The van der Waals surface area contributed by atoms with Crippen molar-refractivity contribution < 1.29 is 9.53 Å². The Morgan fingerprint density at radius 2 is 2.40 bits per heavy atom. The van der Waals surface area contributed by atoms with Gasteiger partial charge in [-0.2, -0.15) is 0 Å². The molecule has 0 aliphatic carbocycles. The molecule has 0 atom stereocenters. The van der Waals surface area contributed by atoms with Gasteiger partial charge in [0.15, 0.2) is 5.69 Å². The molecule has 0 saturated heterocycles. The van der Waals surface area contributed by atoms with Gasteiger partial charge in [0.05, 0.1) is 19.4 Å². The number of nitrogen functional groups attached to an aromatic ring is 1. The van der Waals surface area contributed by atoms with Crippen molar-refractivity contribution in [3.05, 3.63) is 29.6 Å². The molecule has 1 rings (SSSR count). The number of nitrogens with two attached hydrogens (primary N) is 1. The van der Waals surface area contributed by atoms with E-state index in [2.05, 4.69) is 14.9 Å². The predicted octanol–water partition coefficient (Wildman–Crippen LogP) is 1.40. The molecule has 1 aromatic carbocycles. The minimum Gasteiger partial charge on any atom is -0.468 e. The normalized spacial score (nSPS) is 9.07. The van der Waals surface area contributed by atoms with Gasteiger partial charge in [0.25, 0.3) is 0 Å². The maximum absolute atomic E-state index is 10.9. The average Bonchev–Trinajstić information content (AvgIpc) is 2.27. The van der Waals surface area contributed by atoms with E-state index in [1.807, 2.05) is 0 Å². The molecule has 3 N–H and O–H groups in total. The number of carbonyl (C=O) groups is 1. The molecule has 0 unspecified atom stereocenters. The van der Waals surface area contributed by atoms with Crippen molar-refractivity contribution in [1.82, 2.24) is 0 Å². The number of nitrogens with one attached hydrogen (secondary N) is 1. The molecule has 5 heteroatoms. The molecule has 5 nitrogen and oxygen atoms in total. The lowest BCUT2D eigenvalue weighted by Gasteiger charge is -2.08. The summed E-state index contributed by atoms with van der Waals surface area (Å²) in [6.07, 6.45) is 0. The largest absolute Gasteiger partial charge is 0.468 e. The van der Waals surface area contributed by atoms with E-state index in [9.17, 15) is 4.79 Å². The van der Waals surface area contributed by atoms with Crippen LogP contribution in [0.2, 0.25) is 0 Å². The molecule has 1 aromatic rings. The summed E-state index contributed by atoms with van der Waals surface area (Å²) < 4.78 is 4.47. The van der Waals surface area contributed by atoms with Crippen LogP contribution < -0.4 is 11.1 Å². The van der Waals surface area contributed by atoms with Crippen LogP contribution in [0.15, 0.2) is 18.2 Å². The van der Waals surface area contributed by atoms with Gasteiger partial charge in [-0.25, -0.2) is 4.85 Å². The summed E-state index contributed by atoms with van der Waals surface area (Å²) >= 11 is 0.